The molecule has 0 saturated heterocycles. The molecular formula is C22H29NO. The molecule has 0 aliphatic carbocycles. The molecule has 0 radical (unpaired) electrons. The van der Waals surface area contributed by atoms with Crippen LogP contribution in [0.25, 0.3) is 0 Å². The van der Waals surface area contributed by atoms with Crippen LogP contribution in [0.15, 0.2) is 54.6 Å². The van der Waals surface area contributed by atoms with Gasteiger partial charge in [-0.15, -0.1) is 0 Å². The highest BCUT2D eigenvalue weighted by atomic mass is 16.2. The van der Waals surface area contributed by atoms with E-state index in [-0.39, 0.29) is 18.0 Å². The summed E-state index contributed by atoms with van der Waals surface area (Å²) in [6.45, 7) is 10.5. The predicted octanol–water partition coefficient (Wildman–Crippen LogP) is 5.29. The standard InChI is InChI=1S/C22H29NO/c1-16(2)23(17(3)4)22(24)21-14-10-9-13-20(21)18(5)15-19-11-7-6-8-12-19/h6-14,16-18H,15H2,1-5H3/t18-/m0/s1. The van der Waals surface area contributed by atoms with Crippen molar-refractivity contribution >= 4 is 5.91 Å². The Kier molecular flexibility index (Phi) is 6.19. The quantitative estimate of drug-likeness (QED) is 0.707. The van der Waals surface area contributed by atoms with Crippen LogP contribution in [0.2, 0.25) is 0 Å². The topological polar surface area (TPSA) is 20.3 Å². The van der Waals surface area contributed by atoms with Crippen molar-refractivity contribution in [3.63, 3.8) is 0 Å². The average Bonchev–Trinajstić information content (AvgIpc) is 2.55. The second-order valence-corrected chi connectivity index (χ2v) is 7.08. The van der Waals surface area contributed by atoms with Crippen molar-refractivity contribution in [3.05, 3.63) is 71.3 Å². The van der Waals surface area contributed by atoms with Crippen molar-refractivity contribution in [3.8, 4) is 0 Å². The van der Waals surface area contributed by atoms with Crippen LogP contribution in [0.3, 0.4) is 0 Å². The summed E-state index contributed by atoms with van der Waals surface area (Å²) in [5.41, 5.74) is 3.28. The van der Waals surface area contributed by atoms with E-state index in [9.17, 15) is 4.79 Å². The zero-order valence-corrected chi connectivity index (χ0v) is 15.5. The lowest BCUT2D eigenvalue weighted by molar-refractivity contribution is 0.0642. The molecule has 0 aliphatic rings. The average molecular weight is 323 g/mol. The third-order valence-electron chi connectivity index (χ3n) is 4.45. The van der Waals surface area contributed by atoms with E-state index in [2.05, 4.69) is 65.0 Å². The molecule has 2 aromatic carbocycles. The first-order valence-corrected chi connectivity index (χ1v) is 8.87. The summed E-state index contributed by atoms with van der Waals surface area (Å²) in [6, 6.07) is 18.9. The summed E-state index contributed by atoms with van der Waals surface area (Å²) < 4.78 is 0. The lowest BCUT2D eigenvalue weighted by atomic mass is 9.89. The normalized spacial score (nSPS) is 12.5. The Hall–Kier alpha value is -2.09. The second kappa shape index (κ2) is 8.14. The van der Waals surface area contributed by atoms with Crippen LogP contribution in [0, 0.1) is 0 Å². The van der Waals surface area contributed by atoms with Gasteiger partial charge in [-0.05, 0) is 57.2 Å². The highest BCUT2D eigenvalue weighted by Gasteiger charge is 2.24. The lowest BCUT2D eigenvalue weighted by Gasteiger charge is -2.32. The van der Waals surface area contributed by atoms with Crippen molar-refractivity contribution in [2.75, 3.05) is 0 Å². The summed E-state index contributed by atoms with van der Waals surface area (Å²) in [5.74, 6) is 0.434. The molecule has 1 atom stereocenters. The largest absolute Gasteiger partial charge is 0.334 e. The van der Waals surface area contributed by atoms with Crippen molar-refractivity contribution in [2.45, 2.75) is 59.0 Å². The predicted molar refractivity (Wildman–Crippen MR) is 101 cm³/mol. The number of hydrogen-bond acceptors (Lipinski definition) is 1. The van der Waals surface area contributed by atoms with E-state index in [1.165, 1.54) is 5.56 Å². The molecule has 0 unspecified atom stereocenters. The Balaban J connectivity index is 2.31. The van der Waals surface area contributed by atoms with E-state index in [0.717, 1.165) is 17.5 Å². The van der Waals surface area contributed by atoms with Crippen molar-refractivity contribution in [2.24, 2.45) is 0 Å². The van der Waals surface area contributed by atoms with E-state index in [1.807, 2.05) is 29.2 Å². The maximum absolute atomic E-state index is 13.1. The fraction of sp³-hybridized carbons (Fsp3) is 0.409. The van der Waals surface area contributed by atoms with E-state index in [1.54, 1.807) is 0 Å². The number of nitrogens with zero attached hydrogens (tertiary/aromatic N) is 1. The van der Waals surface area contributed by atoms with Gasteiger partial charge >= 0.3 is 0 Å². The Bertz CT molecular complexity index is 653. The zero-order valence-electron chi connectivity index (χ0n) is 15.5. The molecule has 2 heteroatoms. The fourth-order valence-corrected chi connectivity index (χ4v) is 3.40. The summed E-state index contributed by atoms with van der Waals surface area (Å²) in [4.78, 5) is 15.1. The molecule has 128 valence electrons. The van der Waals surface area contributed by atoms with Gasteiger partial charge in [0.05, 0.1) is 0 Å². The highest BCUT2D eigenvalue weighted by molar-refractivity contribution is 5.96. The van der Waals surface area contributed by atoms with Gasteiger partial charge in [-0.1, -0.05) is 55.5 Å². The van der Waals surface area contributed by atoms with Gasteiger partial charge in [0.25, 0.3) is 5.91 Å². The minimum atomic E-state index is 0.135. The molecule has 1 amide bonds. The molecule has 2 rings (SSSR count). The van der Waals surface area contributed by atoms with Crippen LogP contribution in [-0.2, 0) is 6.42 Å². The van der Waals surface area contributed by atoms with Gasteiger partial charge < -0.3 is 4.90 Å². The van der Waals surface area contributed by atoms with Gasteiger partial charge in [-0.25, -0.2) is 0 Å². The minimum absolute atomic E-state index is 0.135. The van der Waals surface area contributed by atoms with Crippen LogP contribution in [0.5, 0.6) is 0 Å². The molecule has 2 nitrogen and oxygen atoms in total. The van der Waals surface area contributed by atoms with E-state index in [0.29, 0.717) is 5.92 Å². The number of hydrogen-bond donors (Lipinski definition) is 0. The fourth-order valence-electron chi connectivity index (χ4n) is 3.40. The monoisotopic (exact) mass is 323 g/mol. The first-order chi connectivity index (χ1) is 11.4. The van der Waals surface area contributed by atoms with Crippen molar-refractivity contribution in [1.29, 1.82) is 0 Å². The van der Waals surface area contributed by atoms with Crippen LogP contribution in [0.1, 0.15) is 62.0 Å². The summed E-state index contributed by atoms with van der Waals surface area (Å²) in [7, 11) is 0. The van der Waals surface area contributed by atoms with Crippen LogP contribution in [-0.4, -0.2) is 22.9 Å². The zero-order chi connectivity index (χ0) is 17.7. The molecule has 0 aliphatic heterocycles. The third-order valence-corrected chi connectivity index (χ3v) is 4.45. The minimum Gasteiger partial charge on any atom is -0.334 e. The van der Waals surface area contributed by atoms with Crippen molar-refractivity contribution < 1.29 is 4.79 Å². The Morgan fingerprint density at radius 1 is 0.833 bits per heavy atom. The highest BCUT2D eigenvalue weighted by Crippen LogP contribution is 2.26. The van der Waals surface area contributed by atoms with Crippen LogP contribution >= 0.6 is 0 Å². The molecule has 0 saturated carbocycles. The van der Waals surface area contributed by atoms with Gasteiger partial charge in [-0.3, -0.25) is 4.79 Å². The van der Waals surface area contributed by atoms with Gasteiger partial charge in [0.1, 0.15) is 0 Å². The van der Waals surface area contributed by atoms with Crippen LogP contribution < -0.4 is 0 Å². The number of benzene rings is 2. The third kappa shape index (κ3) is 4.25. The first-order valence-electron chi connectivity index (χ1n) is 8.87. The Morgan fingerprint density at radius 2 is 1.38 bits per heavy atom. The molecule has 0 heterocycles. The summed E-state index contributed by atoms with van der Waals surface area (Å²) >= 11 is 0. The lowest BCUT2D eigenvalue weighted by Crippen LogP contribution is -2.42. The van der Waals surface area contributed by atoms with Gasteiger partial charge in [-0.2, -0.15) is 0 Å². The molecule has 0 spiro atoms. The summed E-state index contributed by atoms with van der Waals surface area (Å²) in [6.07, 6.45) is 0.939. The summed E-state index contributed by atoms with van der Waals surface area (Å²) in [5, 5.41) is 0. The molecule has 0 fully saturated rings. The van der Waals surface area contributed by atoms with Gasteiger partial charge in [0.2, 0.25) is 0 Å². The van der Waals surface area contributed by atoms with E-state index >= 15 is 0 Å². The maximum Gasteiger partial charge on any atom is 0.254 e. The smallest absolute Gasteiger partial charge is 0.254 e. The SMILES string of the molecule is CC(C)N(C(=O)c1ccccc1[C@@H](C)Cc1ccccc1)C(C)C. The van der Waals surface area contributed by atoms with Gasteiger partial charge in [0, 0.05) is 17.6 Å². The number of amides is 1. The molecule has 0 bridgehead atoms. The van der Waals surface area contributed by atoms with E-state index in [4.69, 9.17) is 0 Å². The maximum atomic E-state index is 13.1. The Morgan fingerprint density at radius 3 is 1.96 bits per heavy atom. The Labute approximate surface area is 146 Å². The second-order valence-electron chi connectivity index (χ2n) is 7.08. The number of rotatable bonds is 6. The van der Waals surface area contributed by atoms with E-state index < -0.39 is 0 Å². The molecule has 0 aromatic heterocycles. The number of carbonyl (C=O) groups excluding carboxylic acids is 1. The molecule has 24 heavy (non-hydrogen) atoms. The van der Waals surface area contributed by atoms with Crippen LogP contribution in [0.4, 0.5) is 0 Å². The number of carbonyl (C=O) groups is 1. The molecular weight excluding hydrogens is 294 g/mol. The van der Waals surface area contributed by atoms with Gasteiger partial charge in [0.15, 0.2) is 0 Å². The molecule has 2 aromatic rings. The first kappa shape index (κ1) is 18.3. The van der Waals surface area contributed by atoms with Crippen molar-refractivity contribution in [1.82, 2.24) is 4.90 Å². The molecule has 0 N–H and O–H groups in total.